The lowest BCUT2D eigenvalue weighted by atomic mass is 10.1. The first kappa shape index (κ1) is 14.4. The van der Waals surface area contributed by atoms with Crippen molar-refractivity contribution in [2.75, 3.05) is 12.4 Å². The Morgan fingerprint density at radius 2 is 2.00 bits per heavy atom. The molecule has 2 nitrogen and oxygen atoms in total. The van der Waals surface area contributed by atoms with Crippen LogP contribution < -0.4 is 10.1 Å². The Morgan fingerprint density at radius 1 is 1.26 bits per heavy atom. The zero-order valence-corrected chi connectivity index (χ0v) is 14.0. The monoisotopic (exact) mass is 339 g/mol. The summed E-state index contributed by atoms with van der Waals surface area (Å²) in [6.45, 7) is 6.42. The van der Waals surface area contributed by atoms with Gasteiger partial charge in [0.15, 0.2) is 0 Å². The van der Waals surface area contributed by atoms with E-state index < -0.39 is 0 Å². The highest BCUT2D eigenvalue weighted by molar-refractivity contribution is 9.10. The van der Waals surface area contributed by atoms with E-state index in [0.717, 1.165) is 15.9 Å². The first-order chi connectivity index (χ1) is 9.02. The van der Waals surface area contributed by atoms with Crippen LogP contribution in [0.5, 0.6) is 5.75 Å². The molecule has 0 fully saturated rings. The summed E-state index contributed by atoms with van der Waals surface area (Å²) in [5, 5.41) is 5.70. The summed E-state index contributed by atoms with van der Waals surface area (Å²) in [6.07, 6.45) is 0. The average Bonchev–Trinajstić information content (AvgIpc) is 2.78. The molecule has 4 heteroatoms. The van der Waals surface area contributed by atoms with Crippen LogP contribution in [0.15, 0.2) is 28.1 Å². The van der Waals surface area contributed by atoms with Crippen LogP contribution >= 0.6 is 27.3 Å². The van der Waals surface area contributed by atoms with Gasteiger partial charge in [0.1, 0.15) is 5.75 Å². The molecule has 19 heavy (non-hydrogen) atoms. The molecule has 0 saturated heterocycles. The molecule has 1 heterocycles. The Bertz CT molecular complexity index is 580. The minimum atomic E-state index is 0.272. The lowest BCUT2D eigenvalue weighted by Crippen LogP contribution is -2.08. The van der Waals surface area contributed by atoms with Crippen molar-refractivity contribution in [1.82, 2.24) is 0 Å². The minimum Gasteiger partial charge on any atom is -0.495 e. The molecule has 0 radical (unpaired) electrons. The van der Waals surface area contributed by atoms with Crippen LogP contribution in [-0.2, 0) is 0 Å². The number of hydrogen-bond donors (Lipinski definition) is 1. The first-order valence-electron chi connectivity index (χ1n) is 6.17. The van der Waals surface area contributed by atoms with Crippen LogP contribution in [0.25, 0.3) is 0 Å². The number of methoxy groups -OCH3 is 1. The van der Waals surface area contributed by atoms with Gasteiger partial charge in [-0.2, -0.15) is 0 Å². The molecule has 1 aromatic heterocycles. The lowest BCUT2D eigenvalue weighted by molar-refractivity contribution is 0.415. The lowest BCUT2D eigenvalue weighted by Gasteiger charge is -2.19. The Balaban J connectivity index is 2.31. The van der Waals surface area contributed by atoms with Gasteiger partial charge < -0.3 is 10.1 Å². The molecule has 0 aliphatic carbocycles. The fourth-order valence-electron chi connectivity index (χ4n) is 2.17. The Hall–Kier alpha value is -1.00. The van der Waals surface area contributed by atoms with Gasteiger partial charge in [0.2, 0.25) is 0 Å². The van der Waals surface area contributed by atoms with Crippen molar-refractivity contribution in [3.63, 3.8) is 0 Å². The predicted molar refractivity (Wildman–Crippen MR) is 86.5 cm³/mol. The summed E-state index contributed by atoms with van der Waals surface area (Å²) in [5.41, 5.74) is 3.57. The number of ether oxygens (including phenoxy) is 1. The van der Waals surface area contributed by atoms with E-state index in [1.807, 2.05) is 6.07 Å². The molecule has 1 aromatic carbocycles. The third kappa shape index (κ3) is 3.12. The highest BCUT2D eigenvalue weighted by Gasteiger charge is 2.14. The summed E-state index contributed by atoms with van der Waals surface area (Å²) in [6, 6.07) is 6.51. The van der Waals surface area contributed by atoms with E-state index in [0.29, 0.717) is 0 Å². The average molecular weight is 340 g/mol. The van der Waals surface area contributed by atoms with Gasteiger partial charge in [0.25, 0.3) is 0 Å². The van der Waals surface area contributed by atoms with Gasteiger partial charge in [-0.3, -0.25) is 0 Å². The van der Waals surface area contributed by atoms with Crippen molar-refractivity contribution in [3.05, 3.63) is 44.1 Å². The SMILES string of the molecule is COc1cc(Br)cc(C)c1NC(C)c1sccc1C. The van der Waals surface area contributed by atoms with Crippen molar-refractivity contribution >= 4 is 33.0 Å². The molecule has 0 amide bonds. The first-order valence-corrected chi connectivity index (χ1v) is 7.85. The number of nitrogens with one attached hydrogen (secondary N) is 1. The predicted octanol–water partition coefficient (Wildman–Crippen LogP) is 5.31. The van der Waals surface area contributed by atoms with Crippen molar-refractivity contribution < 1.29 is 4.74 Å². The second kappa shape index (κ2) is 5.97. The molecule has 102 valence electrons. The number of benzene rings is 1. The molecule has 1 unspecified atom stereocenters. The fraction of sp³-hybridized carbons (Fsp3) is 0.333. The van der Waals surface area contributed by atoms with E-state index in [1.54, 1.807) is 18.4 Å². The molecular weight excluding hydrogens is 322 g/mol. The van der Waals surface area contributed by atoms with Crippen LogP contribution in [0.3, 0.4) is 0 Å². The van der Waals surface area contributed by atoms with Crippen molar-refractivity contribution in [2.24, 2.45) is 0 Å². The van der Waals surface area contributed by atoms with E-state index in [9.17, 15) is 0 Å². The topological polar surface area (TPSA) is 21.3 Å². The zero-order chi connectivity index (χ0) is 14.0. The molecular formula is C15H18BrNOS. The molecule has 1 atom stereocenters. The second-order valence-electron chi connectivity index (χ2n) is 4.63. The van der Waals surface area contributed by atoms with Crippen molar-refractivity contribution in [2.45, 2.75) is 26.8 Å². The standard InChI is InChI=1S/C15H18BrNOS/c1-9-5-6-19-15(9)11(3)17-14-10(2)7-12(16)8-13(14)18-4/h5-8,11,17H,1-4H3. The molecule has 0 spiro atoms. The van der Waals surface area contributed by atoms with Gasteiger partial charge >= 0.3 is 0 Å². The fourth-order valence-corrected chi connectivity index (χ4v) is 3.66. The van der Waals surface area contributed by atoms with Gasteiger partial charge in [0.05, 0.1) is 18.8 Å². The molecule has 0 bridgehead atoms. The number of aryl methyl sites for hydroxylation is 2. The number of anilines is 1. The maximum absolute atomic E-state index is 5.47. The minimum absolute atomic E-state index is 0.272. The van der Waals surface area contributed by atoms with E-state index in [1.165, 1.54) is 16.0 Å². The highest BCUT2D eigenvalue weighted by atomic mass is 79.9. The molecule has 2 aromatic rings. The van der Waals surface area contributed by atoms with E-state index in [2.05, 4.69) is 59.5 Å². The molecule has 0 aliphatic heterocycles. The number of hydrogen-bond acceptors (Lipinski definition) is 3. The van der Waals surface area contributed by atoms with Crippen molar-refractivity contribution in [3.8, 4) is 5.75 Å². The highest BCUT2D eigenvalue weighted by Crippen LogP contribution is 2.35. The smallest absolute Gasteiger partial charge is 0.143 e. The summed E-state index contributed by atoms with van der Waals surface area (Å²) >= 11 is 5.29. The third-order valence-corrected chi connectivity index (χ3v) is 4.80. The summed E-state index contributed by atoms with van der Waals surface area (Å²) in [4.78, 5) is 1.37. The summed E-state index contributed by atoms with van der Waals surface area (Å²) in [7, 11) is 1.70. The van der Waals surface area contributed by atoms with Gasteiger partial charge in [-0.1, -0.05) is 15.9 Å². The third-order valence-electron chi connectivity index (χ3n) is 3.14. The van der Waals surface area contributed by atoms with Crippen LogP contribution in [0.2, 0.25) is 0 Å². The molecule has 1 N–H and O–H groups in total. The summed E-state index contributed by atoms with van der Waals surface area (Å²) in [5.74, 6) is 0.868. The van der Waals surface area contributed by atoms with Crippen LogP contribution in [-0.4, -0.2) is 7.11 Å². The van der Waals surface area contributed by atoms with Crippen molar-refractivity contribution in [1.29, 1.82) is 0 Å². The molecule has 0 aliphatic rings. The normalized spacial score (nSPS) is 12.3. The largest absolute Gasteiger partial charge is 0.495 e. The Labute approximate surface area is 126 Å². The van der Waals surface area contributed by atoms with E-state index in [-0.39, 0.29) is 6.04 Å². The van der Waals surface area contributed by atoms with E-state index >= 15 is 0 Å². The van der Waals surface area contributed by atoms with Gasteiger partial charge in [-0.15, -0.1) is 11.3 Å². The van der Waals surface area contributed by atoms with Crippen LogP contribution in [0.1, 0.15) is 29.0 Å². The van der Waals surface area contributed by atoms with Gasteiger partial charge in [-0.25, -0.2) is 0 Å². The Kier molecular flexibility index (Phi) is 4.53. The molecule has 2 rings (SSSR count). The zero-order valence-electron chi connectivity index (χ0n) is 11.6. The van der Waals surface area contributed by atoms with Crippen LogP contribution in [0, 0.1) is 13.8 Å². The van der Waals surface area contributed by atoms with Crippen LogP contribution in [0.4, 0.5) is 5.69 Å². The van der Waals surface area contributed by atoms with E-state index in [4.69, 9.17) is 4.74 Å². The maximum atomic E-state index is 5.47. The number of thiophene rings is 1. The Morgan fingerprint density at radius 3 is 2.58 bits per heavy atom. The maximum Gasteiger partial charge on any atom is 0.143 e. The van der Waals surface area contributed by atoms with Gasteiger partial charge in [-0.05, 0) is 55.5 Å². The molecule has 0 saturated carbocycles. The van der Waals surface area contributed by atoms with Gasteiger partial charge in [0, 0.05) is 9.35 Å². The summed E-state index contributed by atoms with van der Waals surface area (Å²) < 4.78 is 6.50. The second-order valence-corrected chi connectivity index (χ2v) is 6.50. The quantitative estimate of drug-likeness (QED) is 0.814. The number of rotatable bonds is 4. The number of halogens is 1.